The molecule has 3 rings (SSSR count). The molecule has 0 aromatic heterocycles. The van der Waals surface area contributed by atoms with Gasteiger partial charge in [-0.05, 0) is 30.2 Å². The number of hydrogen-bond acceptors (Lipinski definition) is 2. The van der Waals surface area contributed by atoms with Crippen LogP contribution in [0.5, 0.6) is 0 Å². The Morgan fingerprint density at radius 1 is 1.00 bits per heavy atom. The zero-order valence-corrected chi connectivity index (χ0v) is 13.1. The van der Waals surface area contributed by atoms with Crippen molar-refractivity contribution < 1.29 is 4.74 Å². The smallest absolute Gasteiger partial charge is 0.130 e. The molecule has 0 aliphatic carbocycles. The summed E-state index contributed by atoms with van der Waals surface area (Å²) in [5.74, 6) is 0. The standard InChI is InChI=1S/C17H18BrNO/c1-13-2-4-14(5-3-13)17(12-19-10-11-20-17)15-6-8-16(18)9-7-15/h2-9,19H,10-12H2,1H3. The fourth-order valence-electron chi connectivity index (χ4n) is 2.69. The molecule has 0 saturated carbocycles. The van der Waals surface area contributed by atoms with Crippen molar-refractivity contribution in [2.75, 3.05) is 19.7 Å². The number of hydrogen-bond donors (Lipinski definition) is 1. The number of ether oxygens (including phenoxy) is 1. The fraction of sp³-hybridized carbons (Fsp3) is 0.294. The highest BCUT2D eigenvalue weighted by molar-refractivity contribution is 9.10. The SMILES string of the molecule is Cc1ccc(C2(c3ccc(Br)cc3)CNCCO2)cc1. The number of morpholine rings is 1. The highest BCUT2D eigenvalue weighted by Gasteiger charge is 2.37. The highest BCUT2D eigenvalue weighted by atomic mass is 79.9. The summed E-state index contributed by atoms with van der Waals surface area (Å²) in [5, 5.41) is 3.47. The normalized spacial score (nSPS) is 22.7. The second kappa shape index (κ2) is 5.68. The van der Waals surface area contributed by atoms with E-state index in [1.807, 2.05) is 0 Å². The monoisotopic (exact) mass is 331 g/mol. The Labute approximate surface area is 128 Å². The lowest BCUT2D eigenvalue weighted by molar-refractivity contribution is -0.0404. The van der Waals surface area contributed by atoms with Gasteiger partial charge in [-0.15, -0.1) is 0 Å². The van der Waals surface area contributed by atoms with E-state index in [0.29, 0.717) is 0 Å². The van der Waals surface area contributed by atoms with Gasteiger partial charge in [-0.25, -0.2) is 0 Å². The Hall–Kier alpha value is -1.16. The van der Waals surface area contributed by atoms with Gasteiger partial charge in [0.25, 0.3) is 0 Å². The number of halogens is 1. The number of benzene rings is 2. The summed E-state index contributed by atoms with van der Waals surface area (Å²) >= 11 is 3.50. The molecule has 20 heavy (non-hydrogen) atoms. The molecule has 1 atom stereocenters. The maximum Gasteiger partial charge on any atom is 0.130 e. The first-order chi connectivity index (χ1) is 9.71. The van der Waals surface area contributed by atoms with E-state index in [-0.39, 0.29) is 5.60 Å². The first-order valence-corrected chi connectivity index (χ1v) is 7.68. The third-order valence-corrected chi connectivity index (χ3v) is 4.36. The zero-order valence-electron chi connectivity index (χ0n) is 11.5. The Morgan fingerprint density at radius 3 is 2.15 bits per heavy atom. The molecule has 1 fully saturated rings. The van der Waals surface area contributed by atoms with Crippen LogP contribution in [0, 0.1) is 6.92 Å². The topological polar surface area (TPSA) is 21.3 Å². The number of rotatable bonds is 2. The Kier molecular flexibility index (Phi) is 3.92. The van der Waals surface area contributed by atoms with Crippen LogP contribution in [0.2, 0.25) is 0 Å². The van der Waals surface area contributed by atoms with E-state index < -0.39 is 0 Å². The van der Waals surface area contributed by atoms with Gasteiger partial charge in [0.15, 0.2) is 0 Å². The lowest BCUT2D eigenvalue weighted by Gasteiger charge is -2.39. The molecule has 1 N–H and O–H groups in total. The molecule has 2 aromatic carbocycles. The molecule has 104 valence electrons. The van der Waals surface area contributed by atoms with E-state index in [2.05, 4.69) is 76.7 Å². The molecule has 1 saturated heterocycles. The molecular formula is C17H18BrNO. The van der Waals surface area contributed by atoms with Gasteiger partial charge in [-0.1, -0.05) is 57.9 Å². The maximum absolute atomic E-state index is 6.24. The average Bonchev–Trinajstić information content (AvgIpc) is 2.49. The van der Waals surface area contributed by atoms with Gasteiger partial charge < -0.3 is 10.1 Å². The predicted octanol–water partition coefficient (Wildman–Crippen LogP) is 3.62. The second-order valence-electron chi connectivity index (χ2n) is 5.23. The van der Waals surface area contributed by atoms with E-state index in [4.69, 9.17) is 4.74 Å². The Bertz CT molecular complexity index is 523. The molecule has 0 radical (unpaired) electrons. The molecule has 1 aliphatic rings. The largest absolute Gasteiger partial charge is 0.363 e. The van der Waals surface area contributed by atoms with Crippen LogP contribution >= 0.6 is 15.9 Å². The molecule has 3 heteroatoms. The summed E-state index contributed by atoms with van der Waals surface area (Å²) < 4.78 is 7.33. The molecule has 1 aliphatic heterocycles. The van der Waals surface area contributed by atoms with Crippen LogP contribution in [0.1, 0.15) is 16.7 Å². The first-order valence-electron chi connectivity index (χ1n) is 6.89. The molecule has 2 aromatic rings. The van der Waals surface area contributed by atoms with Gasteiger partial charge in [-0.2, -0.15) is 0 Å². The maximum atomic E-state index is 6.24. The molecule has 2 nitrogen and oxygen atoms in total. The minimum Gasteiger partial charge on any atom is -0.363 e. The van der Waals surface area contributed by atoms with Crippen molar-refractivity contribution in [3.8, 4) is 0 Å². The van der Waals surface area contributed by atoms with Crippen LogP contribution in [-0.4, -0.2) is 19.7 Å². The third-order valence-electron chi connectivity index (χ3n) is 3.83. The molecule has 0 spiro atoms. The van der Waals surface area contributed by atoms with E-state index in [0.717, 1.165) is 24.2 Å². The average molecular weight is 332 g/mol. The van der Waals surface area contributed by atoms with E-state index in [1.54, 1.807) is 0 Å². The third kappa shape index (κ3) is 2.53. The quantitative estimate of drug-likeness (QED) is 0.907. The van der Waals surface area contributed by atoms with Crippen molar-refractivity contribution in [1.29, 1.82) is 0 Å². The van der Waals surface area contributed by atoms with Gasteiger partial charge in [0.1, 0.15) is 5.60 Å². The van der Waals surface area contributed by atoms with Gasteiger partial charge in [0.05, 0.1) is 6.61 Å². The Morgan fingerprint density at radius 2 is 1.60 bits per heavy atom. The second-order valence-corrected chi connectivity index (χ2v) is 6.14. The highest BCUT2D eigenvalue weighted by Crippen LogP contribution is 2.35. The summed E-state index contributed by atoms with van der Waals surface area (Å²) in [7, 11) is 0. The van der Waals surface area contributed by atoms with Crippen molar-refractivity contribution in [2.45, 2.75) is 12.5 Å². The molecule has 0 amide bonds. The molecule has 1 heterocycles. The Balaban J connectivity index is 2.08. The van der Waals surface area contributed by atoms with Crippen molar-refractivity contribution in [3.05, 3.63) is 69.7 Å². The predicted molar refractivity (Wildman–Crippen MR) is 84.9 cm³/mol. The van der Waals surface area contributed by atoms with Crippen LogP contribution in [-0.2, 0) is 10.3 Å². The van der Waals surface area contributed by atoms with Crippen molar-refractivity contribution in [2.24, 2.45) is 0 Å². The van der Waals surface area contributed by atoms with Crippen molar-refractivity contribution >= 4 is 15.9 Å². The summed E-state index contributed by atoms with van der Waals surface area (Å²) in [6, 6.07) is 17.1. The first kappa shape index (κ1) is 13.8. The van der Waals surface area contributed by atoms with Crippen LogP contribution in [0.4, 0.5) is 0 Å². The minimum atomic E-state index is -0.382. The summed E-state index contributed by atoms with van der Waals surface area (Å²) in [6.45, 7) is 4.54. The lowest BCUT2D eigenvalue weighted by Crippen LogP contribution is -2.48. The lowest BCUT2D eigenvalue weighted by atomic mass is 9.85. The summed E-state index contributed by atoms with van der Waals surface area (Å²) in [5.41, 5.74) is 3.28. The summed E-state index contributed by atoms with van der Waals surface area (Å²) in [4.78, 5) is 0. The van der Waals surface area contributed by atoms with Crippen molar-refractivity contribution in [1.82, 2.24) is 5.32 Å². The van der Waals surface area contributed by atoms with Crippen LogP contribution in [0.3, 0.4) is 0 Å². The molecule has 0 bridgehead atoms. The van der Waals surface area contributed by atoms with Crippen LogP contribution in [0.25, 0.3) is 0 Å². The van der Waals surface area contributed by atoms with Crippen LogP contribution < -0.4 is 5.32 Å². The van der Waals surface area contributed by atoms with Crippen LogP contribution in [0.15, 0.2) is 53.0 Å². The number of nitrogens with one attached hydrogen (secondary N) is 1. The molecule has 1 unspecified atom stereocenters. The van der Waals surface area contributed by atoms with E-state index in [9.17, 15) is 0 Å². The van der Waals surface area contributed by atoms with Gasteiger partial charge in [0.2, 0.25) is 0 Å². The summed E-state index contributed by atoms with van der Waals surface area (Å²) in [6.07, 6.45) is 0. The van der Waals surface area contributed by atoms with Gasteiger partial charge in [0, 0.05) is 17.6 Å². The van der Waals surface area contributed by atoms with E-state index >= 15 is 0 Å². The molecular weight excluding hydrogens is 314 g/mol. The van der Waals surface area contributed by atoms with Gasteiger partial charge in [-0.3, -0.25) is 0 Å². The van der Waals surface area contributed by atoms with Gasteiger partial charge >= 0.3 is 0 Å². The van der Waals surface area contributed by atoms with E-state index in [1.165, 1.54) is 16.7 Å². The zero-order chi connectivity index (χ0) is 14.0. The number of aryl methyl sites for hydroxylation is 1. The van der Waals surface area contributed by atoms with Crippen molar-refractivity contribution in [3.63, 3.8) is 0 Å². The fourth-order valence-corrected chi connectivity index (χ4v) is 2.96. The minimum absolute atomic E-state index is 0.382.